The van der Waals surface area contributed by atoms with Crippen LogP contribution in [0.5, 0.6) is 5.75 Å². The number of esters is 1. The summed E-state index contributed by atoms with van der Waals surface area (Å²) in [6.45, 7) is 2.08. The molecule has 0 aliphatic carbocycles. The Morgan fingerprint density at radius 1 is 0.906 bits per heavy atom. The van der Waals surface area contributed by atoms with Gasteiger partial charge in [0.15, 0.2) is 0 Å². The highest BCUT2D eigenvalue weighted by Crippen LogP contribution is 2.33. The molecule has 0 saturated carbocycles. The molecule has 0 aromatic heterocycles. The smallest absolute Gasteiger partial charge is 0.342 e. The van der Waals surface area contributed by atoms with E-state index in [4.69, 9.17) is 18.9 Å². The fourth-order valence-corrected chi connectivity index (χ4v) is 4.00. The molecule has 0 aliphatic heterocycles. The Morgan fingerprint density at radius 3 is 2.12 bits per heavy atom. The van der Waals surface area contributed by atoms with Gasteiger partial charge >= 0.3 is 5.97 Å². The summed E-state index contributed by atoms with van der Waals surface area (Å²) in [5.74, 6) is -1.88. The number of aromatic hydroxyl groups is 1. The van der Waals surface area contributed by atoms with E-state index in [9.17, 15) is 15.0 Å². The van der Waals surface area contributed by atoms with E-state index >= 15 is 0 Å². The second-order valence-electron chi connectivity index (χ2n) is 8.17. The van der Waals surface area contributed by atoms with Gasteiger partial charge in [-0.05, 0) is 31.4 Å². The Bertz CT molecular complexity index is 622. The van der Waals surface area contributed by atoms with Gasteiger partial charge in [0.2, 0.25) is 0 Å². The highest BCUT2D eigenvalue weighted by Gasteiger charge is 2.39. The Hall–Kier alpha value is -1.67. The molecule has 2 atom stereocenters. The van der Waals surface area contributed by atoms with Crippen molar-refractivity contribution in [2.45, 2.75) is 83.2 Å². The number of aliphatic hydroxyl groups is 1. The van der Waals surface area contributed by atoms with Gasteiger partial charge in [-0.15, -0.1) is 0 Å². The summed E-state index contributed by atoms with van der Waals surface area (Å²) in [7, 11) is 4.73. The van der Waals surface area contributed by atoms with Gasteiger partial charge in [-0.2, -0.15) is 0 Å². The minimum atomic E-state index is -1.11. The van der Waals surface area contributed by atoms with Crippen molar-refractivity contribution in [3.63, 3.8) is 0 Å². The standard InChI is InChI=1S/C25H42O7/c1-5-6-7-8-9-10-14-20(25(29-2,30-3)31-4)15-13-16-21(26)19-32-24(28)22-17-11-12-18-23(22)27/h11-12,17-18,20-21,26-27H,5-10,13-16,19H2,1-4H3. The van der Waals surface area contributed by atoms with E-state index in [2.05, 4.69) is 6.92 Å². The Balaban J connectivity index is 2.49. The summed E-state index contributed by atoms with van der Waals surface area (Å²) < 4.78 is 21.9. The monoisotopic (exact) mass is 454 g/mol. The van der Waals surface area contributed by atoms with Crippen LogP contribution in [0.4, 0.5) is 0 Å². The number of ether oxygens (including phenoxy) is 4. The molecule has 0 fully saturated rings. The number of carbonyl (C=O) groups is 1. The van der Waals surface area contributed by atoms with Crippen LogP contribution in [0.2, 0.25) is 0 Å². The minimum Gasteiger partial charge on any atom is -0.507 e. The number of para-hydroxylation sites is 1. The zero-order chi connectivity index (χ0) is 23.8. The number of hydrogen-bond acceptors (Lipinski definition) is 7. The molecule has 0 aliphatic rings. The first-order valence-corrected chi connectivity index (χ1v) is 11.7. The maximum Gasteiger partial charge on any atom is 0.342 e. The molecule has 0 spiro atoms. The van der Waals surface area contributed by atoms with Crippen LogP contribution in [0.1, 0.15) is 81.5 Å². The van der Waals surface area contributed by atoms with Crippen LogP contribution in [-0.4, -0.2) is 56.2 Å². The van der Waals surface area contributed by atoms with Crippen molar-refractivity contribution in [3.8, 4) is 5.75 Å². The number of unbranched alkanes of at least 4 members (excludes halogenated alkanes) is 5. The lowest BCUT2D eigenvalue weighted by atomic mass is 9.91. The average molecular weight is 455 g/mol. The highest BCUT2D eigenvalue weighted by atomic mass is 16.9. The molecule has 2 N–H and O–H groups in total. The van der Waals surface area contributed by atoms with E-state index in [1.807, 2.05) is 0 Å². The zero-order valence-corrected chi connectivity index (χ0v) is 20.2. The topological polar surface area (TPSA) is 94.5 Å². The molecule has 0 amide bonds. The van der Waals surface area contributed by atoms with E-state index in [1.165, 1.54) is 37.8 Å². The number of phenols is 1. The molecule has 2 unspecified atom stereocenters. The Labute approximate surface area is 193 Å². The summed E-state index contributed by atoms with van der Waals surface area (Å²) in [4.78, 5) is 12.1. The number of rotatable bonds is 18. The normalized spacial score (nSPS) is 13.7. The fourth-order valence-electron chi connectivity index (χ4n) is 4.00. The summed E-state index contributed by atoms with van der Waals surface area (Å²) in [5, 5.41) is 20.0. The van der Waals surface area contributed by atoms with Crippen LogP contribution in [0.3, 0.4) is 0 Å². The summed E-state index contributed by atoms with van der Waals surface area (Å²) in [5.41, 5.74) is 0.0868. The van der Waals surface area contributed by atoms with Gasteiger partial charge in [-0.3, -0.25) is 0 Å². The number of aliphatic hydroxyl groups excluding tert-OH is 1. The molecule has 0 heterocycles. The predicted molar refractivity (Wildman–Crippen MR) is 123 cm³/mol. The fraction of sp³-hybridized carbons (Fsp3) is 0.720. The largest absolute Gasteiger partial charge is 0.507 e. The molecule has 1 aromatic rings. The van der Waals surface area contributed by atoms with Crippen molar-refractivity contribution in [2.75, 3.05) is 27.9 Å². The molecule has 0 bridgehead atoms. The van der Waals surface area contributed by atoms with Crippen LogP contribution < -0.4 is 0 Å². The number of methoxy groups -OCH3 is 3. The molecule has 1 aromatic carbocycles. The van der Waals surface area contributed by atoms with E-state index in [0.29, 0.717) is 12.8 Å². The zero-order valence-electron chi connectivity index (χ0n) is 20.2. The molecule has 7 nitrogen and oxygen atoms in total. The minimum absolute atomic E-state index is 0.0182. The molecule has 32 heavy (non-hydrogen) atoms. The number of phenolic OH excluding ortho intramolecular Hbond substituents is 1. The summed E-state index contributed by atoms with van der Waals surface area (Å²) in [6.07, 6.45) is 9.24. The second-order valence-corrected chi connectivity index (χ2v) is 8.17. The maximum atomic E-state index is 12.1. The van der Waals surface area contributed by atoms with Crippen LogP contribution >= 0.6 is 0 Å². The van der Waals surface area contributed by atoms with Crippen molar-refractivity contribution in [2.24, 2.45) is 5.92 Å². The van der Waals surface area contributed by atoms with Crippen molar-refractivity contribution >= 4 is 5.97 Å². The van der Waals surface area contributed by atoms with Gasteiger partial charge in [-0.1, -0.05) is 64.0 Å². The quantitative estimate of drug-likeness (QED) is 0.182. The summed E-state index contributed by atoms with van der Waals surface area (Å²) >= 11 is 0. The van der Waals surface area contributed by atoms with E-state index in [1.54, 1.807) is 33.5 Å². The van der Waals surface area contributed by atoms with Crippen molar-refractivity contribution in [3.05, 3.63) is 29.8 Å². The molecule has 0 saturated heterocycles. The maximum absolute atomic E-state index is 12.1. The van der Waals surface area contributed by atoms with Gasteiger partial charge in [0.1, 0.15) is 17.9 Å². The van der Waals surface area contributed by atoms with Gasteiger partial charge in [0.25, 0.3) is 5.97 Å². The highest BCUT2D eigenvalue weighted by molar-refractivity contribution is 5.92. The molecular weight excluding hydrogens is 412 g/mol. The van der Waals surface area contributed by atoms with Gasteiger partial charge < -0.3 is 29.2 Å². The first-order valence-electron chi connectivity index (χ1n) is 11.7. The second kappa shape index (κ2) is 16.0. The van der Waals surface area contributed by atoms with Crippen LogP contribution in [0.15, 0.2) is 24.3 Å². The number of carbonyl (C=O) groups excluding carboxylic acids is 1. The molecule has 1 rings (SSSR count). The molecular formula is C25H42O7. The first-order chi connectivity index (χ1) is 15.4. The van der Waals surface area contributed by atoms with Crippen LogP contribution in [0, 0.1) is 5.92 Å². The SMILES string of the molecule is CCCCCCCCC(CCCC(O)COC(=O)c1ccccc1O)C(OC)(OC)OC. The summed E-state index contributed by atoms with van der Waals surface area (Å²) in [6, 6.07) is 6.17. The van der Waals surface area contributed by atoms with Crippen molar-refractivity contribution in [1.29, 1.82) is 0 Å². The lowest BCUT2D eigenvalue weighted by Crippen LogP contribution is -2.44. The van der Waals surface area contributed by atoms with Crippen molar-refractivity contribution in [1.82, 2.24) is 0 Å². The van der Waals surface area contributed by atoms with Gasteiger partial charge in [-0.25, -0.2) is 4.79 Å². The molecule has 0 radical (unpaired) electrons. The lowest BCUT2D eigenvalue weighted by Gasteiger charge is -2.36. The average Bonchev–Trinajstić information content (AvgIpc) is 2.81. The Kier molecular flexibility index (Phi) is 14.2. The van der Waals surface area contributed by atoms with E-state index in [0.717, 1.165) is 25.7 Å². The Morgan fingerprint density at radius 2 is 1.50 bits per heavy atom. The van der Waals surface area contributed by atoms with E-state index < -0.39 is 18.0 Å². The molecule has 184 valence electrons. The van der Waals surface area contributed by atoms with Gasteiger partial charge in [0.05, 0.1) is 6.10 Å². The third-order valence-electron chi connectivity index (χ3n) is 5.88. The van der Waals surface area contributed by atoms with E-state index in [-0.39, 0.29) is 23.8 Å². The third-order valence-corrected chi connectivity index (χ3v) is 5.88. The number of hydrogen-bond donors (Lipinski definition) is 2. The van der Waals surface area contributed by atoms with Crippen molar-refractivity contribution < 1.29 is 34.0 Å². The predicted octanol–water partition coefficient (Wildman–Crippen LogP) is 5.04. The van der Waals surface area contributed by atoms with Crippen LogP contribution in [-0.2, 0) is 18.9 Å². The van der Waals surface area contributed by atoms with Crippen LogP contribution in [0.25, 0.3) is 0 Å². The van der Waals surface area contributed by atoms with Gasteiger partial charge in [0, 0.05) is 27.2 Å². The first kappa shape index (κ1) is 28.4. The number of benzene rings is 1. The molecule has 7 heteroatoms. The lowest BCUT2D eigenvalue weighted by molar-refractivity contribution is -0.380. The third kappa shape index (κ3) is 9.45.